The van der Waals surface area contributed by atoms with E-state index >= 15 is 0 Å². The number of thiophene rings is 1. The molecule has 1 atom stereocenters. The number of hydrogen-bond acceptors (Lipinski definition) is 3. The molecule has 0 saturated heterocycles. The third-order valence-corrected chi connectivity index (χ3v) is 4.73. The topological polar surface area (TPSA) is 15.3 Å². The Morgan fingerprint density at radius 2 is 2.05 bits per heavy atom. The second-order valence-corrected chi connectivity index (χ2v) is 7.06. The highest BCUT2D eigenvalue weighted by Gasteiger charge is 2.10. The van der Waals surface area contributed by atoms with Crippen LogP contribution in [0.25, 0.3) is 0 Å². The Hall–Kier alpha value is -0.840. The molecule has 102 valence electrons. The predicted octanol–water partition coefficient (Wildman–Crippen LogP) is 4.44. The molecule has 0 amide bonds. The monoisotopic (exact) mass is 338 g/mol. The van der Waals surface area contributed by atoms with Crippen molar-refractivity contribution in [1.29, 1.82) is 0 Å². The highest BCUT2D eigenvalue weighted by molar-refractivity contribution is 9.11. The Morgan fingerprint density at radius 3 is 2.68 bits per heavy atom. The van der Waals surface area contributed by atoms with Crippen LogP contribution in [0.5, 0.6) is 0 Å². The summed E-state index contributed by atoms with van der Waals surface area (Å²) in [5.74, 6) is 0. The van der Waals surface area contributed by atoms with Crippen molar-refractivity contribution in [3.63, 3.8) is 0 Å². The van der Waals surface area contributed by atoms with Gasteiger partial charge in [-0.15, -0.1) is 11.3 Å². The number of benzene rings is 1. The lowest BCUT2D eigenvalue weighted by Gasteiger charge is -2.25. The van der Waals surface area contributed by atoms with Crippen molar-refractivity contribution < 1.29 is 0 Å². The van der Waals surface area contributed by atoms with Crippen molar-refractivity contribution in [2.75, 3.05) is 18.9 Å². The Morgan fingerprint density at radius 1 is 1.32 bits per heavy atom. The van der Waals surface area contributed by atoms with Crippen LogP contribution >= 0.6 is 27.3 Å². The van der Waals surface area contributed by atoms with Crippen LogP contribution in [0.15, 0.2) is 45.6 Å². The van der Waals surface area contributed by atoms with Gasteiger partial charge in [0.15, 0.2) is 0 Å². The zero-order chi connectivity index (χ0) is 13.7. The molecule has 4 heteroatoms. The van der Waals surface area contributed by atoms with Gasteiger partial charge >= 0.3 is 0 Å². The standard InChI is InChI=1S/C15H19BrN2S/c1-12(9-17-14-6-4-3-5-7-14)18(2)10-13-8-15(16)19-11-13/h3-8,11-12,17H,9-10H2,1-2H3. The van der Waals surface area contributed by atoms with Gasteiger partial charge in [0.1, 0.15) is 0 Å². The summed E-state index contributed by atoms with van der Waals surface area (Å²) in [6.45, 7) is 4.18. The van der Waals surface area contributed by atoms with E-state index in [0.29, 0.717) is 6.04 Å². The SMILES string of the molecule is CC(CNc1ccccc1)N(C)Cc1csc(Br)c1. The van der Waals surface area contributed by atoms with Crippen LogP contribution in [0, 0.1) is 0 Å². The van der Waals surface area contributed by atoms with E-state index in [1.807, 2.05) is 6.07 Å². The number of likely N-dealkylation sites (N-methyl/N-ethyl adjacent to an activating group) is 1. The number of para-hydroxylation sites is 1. The van der Waals surface area contributed by atoms with Crippen molar-refractivity contribution in [1.82, 2.24) is 4.90 Å². The zero-order valence-corrected chi connectivity index (χ0v) is 13.7. The van der Waals surface area contributed by atoms with Gasteiger partial charge in [-0.05, 0) is 59.0 Å². The molecule has 2 nitrogen and oxygen atoms in total. The van der Waals surface area contributed by atoms with Crippen LogP contribution in [-0.4, -0.2) is 24.5 Å². The molecule has 0 fully saturated rings. The third-order valence-electron chi connectivity index (χ3n) is 3.18. The molecule has 1 aromatic heterocycles. The molecule has 2 rings (SSSR count). The molecule has 0 bridgehead atoms. The second kappa shape index (κ2) is 7.08. The van der Waals surface area contributed by atoms with Crippen molar-refractivity contribution in [3.8, 4) is 0 Å². The lowest BCUT2D eigenvalue weighted by atomic mass is 10.2. The summed E-state index contributed by atoms with van der Waals surface area (Å²) in [4.78, 5) is 2.37. The van der Waals surface area contributed by atoms with Gasteiger partial charge in [-0.2, -0.15) is 0 Å². The molecule has 1 N–H and O–H groups in total. The summed E-state index contributed by atoms with van der Waals surface area (Å²) in [5, 5.41) is 5.67. The highest BCUT2D eigenvalue weighted by Crippen LogP contribution is 2.21. The van der Waals surface area contributed by atoms with Crippen LogP contribution in [-0.2, 0) is 6.54 Å². The third kappa shape index (κ3) is 4.64. The first kappa shape index (κ1) is 14.6. The van der Waals surface area contributed by atoms with Crippen molar-refractivity contribution >= 4 is 33.0 Å². The fourth-order valence-electron chi connectivity index (χ4n) is 1.85. The summed E-state index contributed by atoms with van der Waals surface area (Å²) in [5.41, 5.74) is 2.55. The lowest BCUT2D eigenvalue weighted by molar-refractivity contribution is 0.259. The van der Waals surface area contributed by atoms with Crippen molar-refractivity contribution in [3.05, 3.63) is 51.1 Å². The van der Waals surface area contributed by atoms with Gasteiger partial charge in [0, 0.05) is 24.8 Å². The Kier molecular flexibility index (Phi) is 5.43. The van der Waals surface area contributed by atoms with Crippen LogP contribution < -0.4 is 5.32 Å². The first-order valence-electron chi connectivity index (χ1n) is 6.37. The molecule has 0 saturated carbocycles. The van der Waals surface area contributed by atoms with Gasteiger partial charge in [-0.1, -0.05) is 18.2 Å². The maximum Gasteiger partial charge on any atom is 0.0701 e. The Balaban J connectivity index is 1.80. The quantitative estimate of drug-likeness (QED) is 0.837. The predicted molar refractivity (Wildman–Crippen MR) is 87.9 cm³/mol. The summed E-state index contributed by atoms with van der Waals surface area (Å²) in [7, 11) is 2.17. The van der Waals surface area contributed by atoms with Crippen LogP contribution in [0.2, 0.25) is 0 Å². The minimum Gasteiger partial charge on any atom is -0.383 e. The van der Waals surface area contributed by atoms with E-state index in [1.54, 1.807) is 11.3 Å². The Bertz CT molecular complexity index is 498. The van der Waals surface area contributed by atoms with Crippen LogP contribution in [0.3, 0.4) is 0 Å². The largest absolute Gasteiger partial charge is 0.383 e. The smallest absolute Gasteiger partial charge is 0.0701 e. The molecule has 19 heavy (non-hydrogen) atoms. The molecule has 0 aliphatic carbocycles. The molecular formula is C15H19BrN2S. The average Bonchev–Trinajstić information content (AvgIpc) is 2.82. The minimum atomic E-state index is 0.485. The number of rotatable bonds is 6. The maximum absolute atomic E-state index is 3.51. The molecule has 1 unspecified atom stereocenters. The summed E-state index contributed by atoms with van der Waals surface area (Å²) in [6.07, 6.45) is 0. The van der Waals surface area contributed by atoms with E-state index < -0.39 is 0 Å². The molecule has 0 spiro atoms. The molecular weight excluding hydrogens is 320 g/mol. The fourth-order valence-corrected chi connectivity index (χ4v) is 3.05. The van der Waals surface area contributed by atoms with Crippen molar-refractivity contribution in [2.24, 2.45) is 0 Å². The fraction of sp³-hybridized carbons (Fsp3) is 0.333. The second-order valence-electron chi connectivity index (χ2n) is 4.77. The van der Waals surface area contributed by atoms with E-state index in [0.717, 1.165) is 13.1 Å². The van der Waals surface area contributed by atoms with Gasteiger partial charge in [0.2, 0.25) is 0 Å². The van der Waals surface area contributed by atoms with E-state index in [9.17, 15) is 0 Å². The number of halogens is 1. The normalized spacial score (nSPS) is 12.6. The number of nitrogens with one attached hydrogen (secondary N) is 1. The van der Waals surface area contributed by atoms with Gasteiger partial charge < -0.3 is 5.32 Å². The van der Waals surface area contributed by atoms with Gasteiger partial charge in [-0.3, -0.25) is 4.90 Å². The molecule has 0 aliphatic rings. The number of nitrogens with zero attached hydrogens (tertiary/aromatic N) is 1. The van der Waals surface area contributed by atoms with E-state index in [2.05, 4.69) is 75.8 Å². The summed E-state index contributed by atoms with van der Waals surface area (Å²) >= 11 is 5.25. The Labute approximate surface area is 127 Å². The lowest BCUT2D eigenvalue weighted by Crippen LogP contribution is -2.34. The molecule has 1 aromatic carbocycles. The van der Waals surface area contributed by atoms with Gasteiger partial charge in [0.05, 0.1) is 3.79 Å². The average molecular weight is 339 g/mol. The molecule has 2 aromatic rings. The highest BCUT2D eigenvalue weighted by atomic mass is 79.9. The first-order valence-corrected chi connectivity index (χ1v) is 8.04. The maximum atomic E-state index is 3.51. The molecule has 0 aliphatic heterocycles. The first-order chi connectivity index (χ1) is 9.15. The van der Waals surface area contributed by atoms with Gasteiger partial charge in [0.25, 0.3) is 0 Å². The molecule has 0 radical (unpaired) electrons. The van der Waals surface area contributed by atoms with Gasteiger partial charge in [-0.25, -0.2) is 0 Å². The van der Waals surface area contributed by atoms with E-state index in [-0.39, 0.29) is 0 Å². The van der Waals surface area contributed by atoms with E-state index in [1.165, 1.54) is 15.0 Å². The van der Waals surface area contributed by atoms with Crippen LogP contribution in [0.1, 0.15) is 12.5 Å². The van der Waals surface area contributed by atoms with E-state index in [4.69, 9.17) is 0 Å². The van der Waals surface area contributed by atoms with Crippen LogP contribution in [0.4, 0.5) is 5.69 Å². The molecule has 1 heterocycles. The minimum absolute atomic E-state index is 0.485. The number of hydrogen-bond donors (Lipinski definition) is 1. The number of anilines is 1. The zero-order valence-electron chi connectivity index (χ0n) is 11.3. The van der Waals surface area contributed by atoms with Crippen molar-refractivity contribution in [2.45, 2.75) is 19.5 Å². The summed E-state index contributed by atoms with van der Waals surface area (Å²) < 4.78 is 1.20. The summed E-state index contributed by atoms with van der Waals surface area (Å²) in [6, 6.07) is 13.0.